The summed E-state index contributed by atoms with van der Waals surface area (Å²) in [6, 6.07) is 3.70. The van der Waals surface area contributed by atoms with Crippen molar-refractivity contribution in [3.63, 3.8) is 0 Å². The van der Waals surface area contributed by atoms with Crippen molar-refractivity contribution in [1.29, 1.82) is 0 Å². The van der Waals surface area contributed by atoms with E-state index in [1.165, 1.54) is 6.42 Å². The van der Waals surface area contributed by atoms with Gasteiger partial charge in [0.2, 0.25) is 11.9 Å². The molecule has 7 nitrogen and oxygen atoms in total. The summed E-state index contributed by atoms with van der Waals surface area (Å²) in [6.45, 7) is 1.75. The van der Waals surface area contributed by atoms with Gasteiger partial charge in [-0.2, -0.15) is 4.98 Å². The molecule has 0 saturated carbocycles. The average molecular weight is 325 g/mol. The van der Waals surface area contributed by atoms with Crippen molar-refractivity contribution in [1.82, 2.24) is 15.0 Å². The van der Waals surface area contributed by atoms with E-state index < -0.39 is 0 Å². The Labute approximate surface area is 139 Å². The van der Waals surface area contributed by atoms with Crippen molar-refractivity contribution in [2.45, 2.75) is 31.6 Å². The highest BCUT2D eigenvalue weighted by Gasteiger charge is 2.31. The van der Waals surface area contributed by atoms with Gasteiger partial charge in [0.25, 0.3) is 5.56 Å². The van der Waals surface area contributed by atoms with E-state index in [-0.39, 0.29) is 23.8 Å². The zero-order valence-corrected chi connectivity index (χ0v) is 13.3. The summed E-state index contributed by atoms with van der Waals surface area (Å²) in [5.74, 6) is 0.489. The highest BCUT2D eigenvalue weighted by atomic mass is 16.2. The first-order valence-electron chi connectivity index (χ1n) is 8.31. The molecule has 7 heteroatoms. The van der Waals surface area contributed by atoms with Gasteiger partial charge in [0.05, 0.1) is 5.56 Å². The van der Waals surface area contributed by atoms with Crippen LogP contribution in [0.15, 0.2) is 29.3 Å². The Morgan fingerprint density at radius 1 is 1.17 bits per heavy atom. The minimum absolute atomic E-state index is 0.126. The summed E-state index contributed by atoms with van der Waals surface area (Å²) < 4.78 is 0. The maximum Gasteiger partial charge on any atom is 0.258 e. The van der Waals surface area contributed by atoms with E-state index in [9.17, 15) is 9.59 Å². The minimum Gasteiger partial charge on any atom is -0.342 e. The van der Waals surface area contributed by atoms with E-state index in [1.54, 1.807) is 12.4 Å². The Morgan fingerprint density at radius 3 is 2.75 bits per heavy atom. The quantitative estimate of drug-likeness (QED) is 0.876. The molecule has 1 unspecified atom stereocenters. The van der Waals surface area contributed by atoms with E-state index in [1.807, 2.05) is 12.1 Å². The Hall–Kier alpha value is -2.70. The molecule has 24 heavy (non-hydrogen) atoms. The second kappa shape index (κ2) is 6.07. The van der Waals surface area contributed by atoms with Crippen LogP contribution in [0.25, 0.3) is 0 Å². The Balaban J connectivity index is 1.78. The molecule has 4 heterocycles. The lowest BCUT2D eigenvalue weighted by molar-refractivity contribution is -0.116. The van der Waals surface area contributed by atoms with Crippen molar-refractivity contribution in [2.24, 2.45) is 0 Å². The number of nitrogens with one attached hydrogen (secondary N) is 2. The fourth-order valence-corrected chi connectivity index (χ4v) is 3.48. The van der Waals surface area contributed by atoms with E-state index in [0.717, 1.165) is 31.5 Å². The Bertz CT molecular complexity index is 811. The monoisotopic (exact) mass is 325 g/mol. The predicted molar refractivity (Wildman–Crippen MR) is 90.2 cm³/mol. The lowest BCUT2D eigenvalue weighted by Crippen LogP contribution is -2.36. The molecule has 2 N–H and O–H groups in total. The van der Waals surface area contributed by atoms with Gasteiger partial charge in [0.1, 0.15) is 5.82 Å². The molecule has 2 aliphatic heterocycles. The molecular formula is C17H19N5O2. The molecule has 2 aromatic rings. The van der Waals surface area contributed by atoms with Gasteiger partial charge in [-0.1, -0.05) is 6.07 Å². The van der Waals surface area contributed by atoms with Crippen molar-refractivity contribution in [2.75, 3.05) is 23.3 Å². The number of aromatic nitrogens is 3. The first-order chi connectivity index (χ1) is 11.7. The van der Waals surface area contributed by atoms with Crippen LogP contribution in [0.1, 0.15) is 42.7 Å². The number of hydrogen-bond acceptors (Lipinski definition) is 5. The Kier molecular flexibility index (Phi) is 3.76. The van der Waals surface area contributed by atoms with Crippen LogP contribution in [0.4, 0.5) is 11.8 Å². The van der Waals surface area contributed by atoms with E-state index >= 15 is 0 Å². The number of carbonyl (C=O) groups is 1. The van der Waals surface area contributed by atoms with Crippen LogP contribution in [-0.4, -0.2) is 33.9 Å². The van der Waals surface area contributed by atoms with Crippen LogP contribution >= 0.6 is 0 Å². The maximum absolute atomic E-state index is 12.7. The lowest BCUT2D eigenvalue weighted by atomic mass is 9.88. The largest absolute Gasteiger partial charge is 0.342 e. The molecule has 1 amide bonds. The van der Waals surface area contributed by atoms with E-state index in [0.29, 0.717) is 17.3 Å². The summed E-state index contributed by atoms with van der Waals surface area (Å²) >= 11 is 0. The molecule has 1 atom stereocenters. The van der Waals surface area contributed by atoms with Crippen molar-refractivity contribution in [3.8, 4) is 0 Å². The van der Waals surface area contributed by atoms with Crippen molar-refractivity contribution >= 4 is 17.7 Å². The third-order valence-corrected chi connectivity index (χ3v) is 4.68. The van der Waals surface area contributed by atoms with Crippen LogP contribution in [0.2, 0.25) is 0 Å². The van der Waals surface area contributed by atoms with Gasteiger partial charge in [-0.25, -0.2) is 0 Å². The molecule has 0 aliphatic carbocycles. The van der Waals surface area contributed by atoms with E-state index in [2.05, 4.69) is 25.2 Å². The number of fused-ring (bicyclic) bond motifs is 1. The summed E-state index contributed by atoms with van der Waals surface area (Å²) in [5.41, 5.74) is 1.18. The van der Waals surface area contributed by atoms with Crippen LogP contribution in [0, 0.1) is 0 Å². The zero-order chi connectivity index (χ0) is 16.5. The molecule has 0 spiro atoms. The smallest absolute Gasteiger partial charge is 0.258 e. The summed E-state index contributed by atoms with van der Waals surface area (Å²) in [5, 5.41) is 2.76. The van der Waals surface area contributed by atoms with E-state index in [4.69, 9.17) is 0 Å². The standard InChI is InChI=1S/C17H19N5O2/c23-13-9-12(11-5-4-6-18-10-11)14-15(19-13)20-17(21-16(14)24)22-7-2-1-3-8-22/h4-6,10,12H,1-3,7-9H2,(H2,19,20,21,23,24). The molecule has 0 aromatic carbocycles. The van der Waals surface area contributed by atoms with Gasteiger partial charge in [0.15, 0.2) is 0 Å². The summed E-state index contributed by atoms with van der Waals surface area (Å²) in [6.07, 6.45) is 6.98. The number of nitrogens with zero attached hydrogens (tertiary/aromatic N) is 3. The number of amides is 1. The topological polar surface area (TPSA) is 91.0 Å². The second-order valence-corrected chi connectivity index (χ2v) is 6.29. The number of H-pyrrole nitrogens is 1. The number of anilines is 2. The van der Waals surface area contributed by atoms with Crippen molar-refractivity contribution < 1.29 is 4.79 Å². The molecule has 1 saturated heterocycles. The van der Waals surface area contributed by atoms with Crippen LogP contribution in [0.5, 0.6) is 0 Å². The number of rotatable bonds is 2. The Morgan fingerprint density at radius 2 is 2.00 bits per heavy atom. The molecular weight excluding hydrogens is 306 g/mol. The van der Waals surface area contributed by atoms with Gasteiger partial charge in [0, 0.05) is 37.8 Å². The maximum atomic E-state index is 12.7. The van der Waals surface area contributed by atoms with Crippen LogP contribution < -0.4 is 15.8 Å². The first-order valence-corrected chi connectivity index (χ1v) is 8.31. The summed E-state index contributed by atoms with van der Waals surface area (Å²) in [4.78, 5) is 38.5. The van der Waals surface area contributed by atoms with Gasteiger partial charge in [-0.3, -0.25) is 19.6 Å². The minimum atomic E-state index is -0.311. The molecule has 2 aromatic heterocycles. The van der Waals surface area contributed by atoms with Gasteiger partial charge < -0.3 is 10.2 Å². The lowest BCUT2D eigenvalue weighted by Gasteiger charge is -2.29. The highest BCUT2D eigenvalue weighted by molar-refractivity contribution is 5.94. The molecule has 4 rings (SSSR count). The first kappa shape index (κ1) is 14.9. The highest BCUT2D eigenvalue weighted by Crippen LogP contribution is 2.34. The van der Waals surface area contributed by atoms with Gasteiger partial charge in [-0.15, -0.1) is 0 Å². The van der Waals surface area contributed by atoms with Crippen LogP contribution in [-0.2, 0) is 4.79 Å². The number of hydrogen-bond donors (Lipinski definition) is 2. The van der Waals surface area contributed by atoms with Gasteiger partial charge >= 0.3 is 0 Å². The molecule has 0 bridgehead atoms. The van der Waals surface area contributed by atoms with Gasteiger partial charge in [-0.05, 0) is 30.9 Å². The van der Waals surface area contributed by atoms with Crippen molar-refractivity contribution in [3.05, 3.63) is 46.0 Å². The SMILES string of the molecule is O=C1CC(c2cccnc2)c2c(nc(N3CCCCC3)[nH]c2=O)N1. The summed E-state index contributed by atoms with van der Waals surface area (Å²) in [7, 11) is 0. The number of aromatic amines is 1. The second-order valence-electron chi connectivity index (χ2n) is 6.29. The third kappa shape index (κ3) is 2.66. The number of piperidine rings is 1. The molecule has 0 radical (unpaired) electrons. The zero-order valence-electron chi connectivity index (χ0n) is 13.3. The predicted octanol–water partition coefficient (Wildman–Crippen LogP) is 1.63. The third-order valence-electron chi connectivity index (χ3n) is 4.68. The number of carbonyl (C=O) groups excluding carboxylic acids is 1. The average Bonchev–Trinajstić information content (AvgIpc) is 2.62. The fraction of sp³-hybridized carbons (Fsp3) is 0.412. The normalized spacial score (nSPS) is 20.4. The molecule has 124 valence electrons. The molecule has 2 aliphatic rings. The fourth-order valence-electron chi connectivity index (χ4n) is 3.48. The van der Waals surface area contributed by atoms with Crippen LogP contribution in [0.3, 0.4) is 0 Å². The molecule has 1 fully saturated rings. The number of pyridine rings is 1.